The van der Waals surface area contributed by atoms with Crippen molar-refractivity contribution in [2.24, 2.45) is 0 Å². The van der Waals surface area contributed by atoms with Crippen molar-refractivity contribution < 1.29 is 19.1 Å². The molecule has 1 aromatic carbocycles. The van der Waals surface area contributed by atoms with Crippen LogP contribution < -0.4 is 4.74 Å². The Morgan fingerprint density at radius 3 is 2.76 bits per heavy atom. The molecule has 0 spiro atoms. The SMILES string of the molecule is CC(C)OC(=O)COc1cccc(Cl)c1C=O. The molecule has 0 bridgehead atoms. The molecule has 0 aromatic heterocycles. The minimum atomic E-state index is -0.489. The van der Waals surface area contributed by atoms with Crippen LogP contribution in [0.5, 0.6) is 5.75 Å². The van der Waals surface area contributed by atoms with Crippen LogP contribution in [0, 0.1) is 0 Å². The lowest BCUT2D eigenvalue weighted by atomic mass is 10.2. The molecular weight excluding hydrogens is 244 g/mol. The van der Waals surface area contributed by atoms with E-state index in [9.17, 15) is 9.59 Å². The van der Waals surface area contributed by atoms with Gasteiger partial charge in [-0.05, 0) is 26.0 Å². The third-order valence-electron chi connectivity index (χ3n) is 1.84. The van der Waals surface area contributed by atoms with E-state index in [0.29, 0.717) is 6.29 Å². The third kappa shape index (κ3) is 4.07. The van der Waals surface area contributed by atoms with Gasteiger partial charge in [0.2, 0.25) is 0 Å². The van der Waals surface area contributed by atoms with Crippen molar-refractivity contribution in [3.63, 3.8) is 0 Å². The van der Waals surface area contributed by atoms with E-state index >= 15 is 0 Å². The van der Waals surface area contributed by atoms with E-state index in [0.717, 1.165) is 0 Å². The van der Waals surface area contributed by atoms with Crippen LogP contribution in [0.25, 0.3) is 0 Å². The fourth-order valence-electron chi connectivity index (χ4n) is 1.19. The third-order valence-corrected chi connectivity index (χ3v) is 2.17. The summed E-state index contributed by atoms with van der Waals surface area (Å²) in [6.45, 7) is 3.24. The van der Waals surface area contributed by atoms with Crippen molar-refractivity contribution in [2.45, 2.75) is 20.0 Å². The molecule has 0 saturated carbocycles. The predicted molar refractivity (Wildman–Crippen MR) is 63.6 cm³/mol. The van der Waals surface area contributed by atoms with Crippen LogP contribution in [0.15, 0.2) is 18.2 Å². The number of ether oxygens (including phenoxy) is 2. The monoisotopic (exact) mass is 256 g/mol. The molecule has 0 amide bonds. The highest BCUT2D eigenvalue weighted by Gasteiger charge is 2.10. The van der Waals surface area contributed by atoms with Crippen molar-refractivity contribution in [3.8, 4) is 5.75 Å². The highest BCUT2D eigenvalue weighted by atomic mass is 35.5. The largest absolute Gasteiger partial charge is 0.481 e. The zero-order valence-electron chi connectivity index (χ0n) is 9.60. The fraction of sp³-hybridized carbons (Fsp3) is 0.333. The summed E-state index contributed by atoms with van der Waals surface area (Å²) in [5.74, 6) is -0.218. The van der Waals surface area contributed by atoms with Crippen LogP contribution in [0.2, 0.25) is 5.02 Å². The maximum atomic E-state index is 11.2. The summed E-state index contributed by atoms with van der Waals surface area (Å²) in [7, 11) is 0. The standard InChI is InChI=1S/C12H13ClO4/c1-8(2)17-12(15)7-16-11-5-3-4-10(13)9(11)6-14/h3-6,8H,7H2,1-2H3. The topological polar surface area (TPSA) is 52.6 Å². The summed E-state index contributed by atoms with van der Waals surface area (Å²) in [5.41, 5.74) is 0.228. The van der Waals surface area contributed by atoms with Crippen LogP contribution >= 0.6 is 11.6 Å². The fourth-order valence-corrected chi connectivity index (χ4v) is 1.40. The molecule has 0 saturated heterocycles. The molecule has 5 heteroatoms. The molecule has 0 aliphatic rings. The molecule has 0 aliphatic carbocycles. The van der Waals surface area contributed by atoms with E-state index in [1.54, 1.807) is 32.0 Å². The second-order valence-corrected chi connectivity index (χ2v) is 4.00. The van der Waals surface area contributed by atoms with Gasteiger partial charge in [-0.1, -0.05) is 17.7 Å². The van der Waals surface area contributed by atoms with Crippen LogP contribution in [0.1, 0.15) is 24.2 Å². The number of carbonyl (C=O) groups is 2. The first-order valence-electron chi connectivity index (χ1n) is 5.10. The van der Waals surface area contributed by atoms with Gasteiger partial charge >= 0.3 is 5.97 Å². The van der Waals surface area contributed by atoms with Gasteiger partial charge in [-0.15, -0.1) is 0 Å². The van der Waals surface area contributed by atoms with Crippen LogP contribution in [0.4, 0.5) is 0 Å². The number of benzene rings is 1. The molecule has 0 unspecified atom stereocenters. The zero-order valence-corrected chi connectivity index (χ0v) is 10.4. The van der Waals surface area contributed by atoms with Crippen molar-refractivity contribution in [3.05, 3.63) is 28.8 Å². The molecule has 17 heavy (non-hydrogen) atoms. The van der Waals surface area contributed by atoms with Gasteiger partial charge in [-0.2, -0.15) is 0 Å². The lowest BCUT2D eigenvalue weighted by Crippen LogP contribution is -2.19. The van der Waals surface area contributed by atoms with E-state index in [4.69, 9.17) is 21.1 Å². The Morgan fingerprint density at radius 1 is 1.47 bits per heavy atom. The average Bonchev–Trinajstić information content (AvgIpc) is 2.25. The van der Waals surface area contributed by atoms with Gasteiger partial charge in [0.1, 0.15) is 5.75 Å². The van der Waals surface area contributed by atoms with Crippen molar-refractivity contribution in [1.82, 2.24) is 0 Å². The van der Waals surface area contributed by atoms with Crippen molar-refractivity contribution >= 4 is 23.9 Å². The predicted octanol–water partition coefficient (Wildman–Crippen LogP) is 2.48. The summed E-state index contributed by atoms with van der Waals surface area (Å²) in [5, 5.41) is 0.287. The second kappa shape index (κ2) is 6.25. The average molecular weight is 257 g/mol. The second-order valence-electron chi connectivity index (χ2n) is 3.60. The maximum Gasteiger partial charge on any atom is 0.344 e. The number of hydrogen-bond acceptors (Lipinski definition) is 4. The Labute approximate surface area is 104 Å². The Hall–Kier alpha value is -1.55. The van der Waals surface area contributed by atoms with Crippen molar-refractivity contribution in [2.75, 3.05) is 6.61 Å². The molecular formula is C12H13ClO4. The number of carbonyl (C=O) groups excluding carboxylic acids is 2. The van der Waals surface area contributed by atoms with E-state index in [1.165, 1.54) is 0 Å². The smallest absolute Gasteiger partial charge is 0.344 e. The number of rotatable bonds is 5. The Morgan fingerprint density at radius 2 is 2.18 bits per heavy atom. The molecule has 0 fully saturated rings. The lowest BCUT2D eigenvalue weighted by molar-refractivity contribution is -0.149. The highest BCUT2D eigenvalue weighted by Crippen LogP contribution is 2.24. The van der Waals surface area contributed by atoms with E-state index in [2.05, 4.69) is 0 Å². The Kier molecular flexibility index (Phi) is 4.97. The van der Waals surface area contributed by atoms with E-state index in [1.807, 2.05) is 0 Å². The molecule has 4 nitrogen and oxygen atoms in total. The number of halogens is 1. The zero-order chi connectivity index (χ0) is 12.8. The summed E-state index contributed by atoms with van der Waals surface area (Å²) < 4.78 is 10.1. The molecule has 0 heterocycles. The van der Waals surface area contributed by atoms with Gasteiger partial charge in [-0.3, -0.25) is 4.79 Å². The van der Waals surface area contributed by atoms with Gasteiger partial charge in [0.05, 0.1) is 16.7 Å². The number of esters is 1. The molecule has 1 aromatic rings. The van der Waals surface area contributed by atoms with Crippen molar-refractivity contribution in [1.29, 1.82) is 0 Å². The quantitative estimate of drug-likeness (QED) is 0.600. The lowest BCUT2D eigenvalue weighted by Gasteiger charge is -2.10. The molecule has 0 aliphatic heterocycles. The molecule has 0 radical (unpaired) electrons. The summed E-state index contributed by atoms with van der Waals surface area (Å²) in [6, 6.07) is 4.78. The van der Waals surface area contributed by atoms with Gasteiger partial charge in [-0.25, -0.2) is 4.79 Å². The van der Waals surface area contributed by atoms with Gasteiger partial charge in [0.25, 0.3) is 0 Å². The van der Waals surface area contributed by atoms with E-state index < -0.39 is 5.97 Å². The van der Waals surface area contributed by atoms with Gasteiger partial charge < -0.3 is 9.47 Å². The highest BCUT2D eigenvalue weighted by molar-refractivity contribution is 6.33. The minimum Gasteiger partial charge on any atom is -0.481 e. The Balaban J connectivity index is 2.66. The molecule has 1 rings (SSSR count). The number of aldehydes is 1. The van der Waals surface area contributed by atoms with Crippen LogP contribution in [-0.2, 0) is 9.53 Å². The molecule has 0 atom stereocenters. The van der Waals surface area contributed by atoms with Crippen LogP contribution in [-0.4, -0.2) is 25.0 Å². The minimum absolute atomic E-state index is 0.198. The maximum absolute atomic E-state index is 11.2. The number of hydrogen-bond donors (Lipinski definition) is 0. The van der Waals surface area contributed by atoms with Gasteiger partial charge in [0.15, 0.2) is 12.9 Å². The summed E-state index contributed by atoms with van der Waals surface area (Å²) >= 11 is 5.80. The first kappa shape index (κ1) is 13.5. The van der Waals surface area contributed by atoms with Crippen LogP contribution in [0.3, 0.4) is 0 Å². The first-order valence-corrected chi connectivity index (χ1v) is 5.48. The normalized spacial score (nSPS) is 10.1. The first-order chi connectivity index (χ1) is 8.04. The molecule has 0 N–H and O–H groups in total. The molecule has 92 valence electrons. The van der Waals surface area contributed by atoms with Gasteiger partial charge in [0, 0.05) is 0 Å². The summed E-state index contributed by atoms with van der Waals surface area (Å²) in [4.78, 5) is 22.0. The Bertz CT molecular complexity index is 415. The summed E-state index contributed by atoms with van der Waals surface area (Å²) in [6.07, 6.45) is 0.391. The van der Waals surface area contributed by atoms with E-state index in [-0.39, 0.29) is 29.0 Å².